The molecule has 1 aliphatic carbocycles. The van der Waals surface area contributed by atoms with Crippen LogP contribution in [0.1, 0.15) is 43.0 Å². The number of aromatic nitrogens is 2. The van der Waals surface area contributed by atoms with E-state index in [1.807, 2.05) is 17.0 Å². The Hall–Kier alpha value is -1.74. The van der Waals surface area contributed by atoms with Crippen molar-refractivity contribution in [1.82, 2.24) is 14.9 Å². The molecule has 2 aromatic rings. The Bertz CT molecular complexity index is 887. The zero-order valence-corrected chi connectivity index (χ0v) is 19.2. The molecule has 6 nitrogen and oxygen atoms in total. The molecule has 1 aromatic heterocycles. The lowest BCUT2D eigenvalue weighted by molar-refractivity contribution is -0.133. The van der Waals surface area contributed by atoms with Crippen LogP contribution >= 0.6 is 22.6 Å². The summed E-state index contributed by atoms with van der Waals surface area (Å²) in [7, 11) is 0. The topological polar surface area (TPSA) is 75.4 Å². The van der Waals surface area contributed by atoms with Crippen LogP contribution in [0.4, 0.5) is 5.82 Å². The normalized spacial score (nSPS) is 22.5. The molecule has 2 heterocycles. The second kappa shape index (κ2) is 8.55. The summed E-state index contributed by atoms with van der Waals surface area (Å²) in [5.41, 5.74) is 9.86. The highest BCUT2D eigenvalue weighted by atomic mass is 127. The molecule has 0 spiro atoms. The molecule has 154 valence electrons. The highest BCUT2D eigenvalue weighted by molar-refractivity contribution is 14.1. The summed E-state index contributed by atoms with van der Waals surface area (Å²) < 4.78 is 1.18. The number of hydrogen-bond acceptors (Lipinski definition) is 5. The van der Waals surface area contributed by atoms with Crippen LogP contribution in [0.15, 0.2) is 30.6 Å². The van der Waals surface area contributed by atoms with E-state index in [0.717, 1.165) is 30.8 Å². The zero-order valence-electron chi connectivity index (χ0n) is 17.0. The van der Waals surface area contributed by atoms with Crippen molar-refractivity contribution in [2.45, 2.75) is 51.1 Å². The van der Waals surface area contributed by atoms with Gasteiger partial charge in [0.1, 0.15) is 12.1 Å². The molecule has 0 radical (unpaired) electrons. The lowest BCUT2D eigenvalue weighted by Gasteiger charge is -2.42. The molecule has 0 bridgehead atoms. The third-order valence-corrected chi connectivity index (χ3v) is 6.87. The first-order valence-electron chi connectivity index (χ1n) is 10.3. The number of halogens is 1. The van der Waals surface area contributed by atoms with E-state index in [1.165, 1.54) is 14.8 Å². The maximum absolute atomic E-state index is 13.0. The molecule has 1 aliphatic heterocycles. The monoisotopic (exact) mass is 505 g/mol. The maximum Gasteiger partial charge on any atom is 0.239 e. The molecule has 4 rings (SSSR count). The third-order valence-electron chi connectivity index (χ3n) is 6.15. The number of benzene rings is 1. The van der Waals surface area contributed by atoms with Crippen LogP contribution < -0.4 is 10.6 Å². The smallest absolute Gasteiger partial charge is 0.239 e. The summed E-state index contributed by atoms with van der Waals surface area (Å²) >= 11 is 2.28. The van der Waals surface area contributed by atoms with Gasteiger partial charge >= 0.3 is 0 Å². The fourth-order valence-corrected chi connectivity index (χ4v) is 4.88. The summed E-state index contributed by atoms with van der Waals surface area (Å²) in [4.78, 5) is 26.3. The summed E-state index contributed by atoms with van der Waals surface area (Å²) in [6, 6.07) is 7.89. The van der Waals surface area contributed by atoms with Gasteiger partial charge < -0.3 is 15.5 Å². The van der Waals surface area contributed by atoms with Gasteiger partial charge in [0, 0.05) is 40.5 Å². The number of hydrogen-bond donors (Lipinski definition) is 1. The summed E-state index contributed by atoms with van der Waals surface area (Å²) in [6.07, 6.45) is 4.43. The van der Waals surface area contributed by atoms with Gasteiger partial charge in [-0.2, -0.15) is 0 Å². The average molecular weight is 505 g/mol. The summed E-state index contributed by atoms with van der Waals surface area (Å²) in [5.74, 6) is 1.59. The van der Waals surface area contributed by atoms with Crippen LogP contribution in [-0.2, 0) is 17.6 Å². The minimum Gasteiger partial charge on any atom is -0.350 e. The van der Waals surface area contributed by atoms with Crippen molar-refractivity contribution in [3.8, 4) is 0 Å². The largest absolute Gasteiger partial charge is 0.350 e. The van der Waals surface area contributed by atoms with E-state index in [2.05, 4.69) is 63.4 Å². The standard InChI is InChI=1S/C22H28IN5O/c1-14-3-8-19-20(14)21(26-13-25-19)28-10-9-27(12-15(28)2)22(29)18(24)11-16-4-6-17(23)7-5-16/h4-7,13-15,18H,3,8-12,24H2,1-2H3/t14-,15+,18-/m1/s1. The number of piperazine rings is 1. The zero-order chi connectivity index (χ0) is 20.5. The highest BCUT2D eigenvalue weighted by Gasteiger charge is 2.33. The predicted octanol–water partition coefficient (Wildman–Crippen LogP) is 2.74. The number of rotatable bonds is 4. The Morgan fingerprint density at radius 3 is 2.72 bits per heavy atom. The highest BCUT2D eigenvalue weighted by Crippen LogP contribution is 2.38. The fourth-order valence-electron chi connectivity index (χ4n) is 4.52. The van der Waals surface area contributed by atoms with Gasteiger partial charge in [0.2, 0.25) is 5.91 Å². The van der Waals surface area contributed by atoms with E-state index >= 15 is 0 Å². The molecule has 0 unspecified atom stereocenters. The van der Waals surface area contributed by atoms with Gasteiger partial charge in [-0.05, 0) is 72.4 Å². The Morgan fingerprint density at radius 1 is 1.24 bits per heavy atom. The molecular formula is C22H28IN5O. The summed E-state index contributed by atoms with van der Waals surface area (Å²) in [5, 5.41) is 0. The van der Waals surface area contributed by atoms with Crippen LogP contribution in [0, 0.1) is 3.57 Å². The average Bonchev–Trinajstić information content (AvgIpc) is 3.10. The van der Waals surface area contributed by atoms with Gasteiger partial charge in [0.15, 0.2) is 0 Å². The van der Waals surface area contributed by atoms with Crippen LogP contribution in [0.2, 0.25) is 0 Å². The van der Waals surface area contributed by atoms with E-state index < -0.39 is 6.04 Å². The number of aryl methyl sites for hydroxylation is 1. The van der Waals surface area contributed by atoms with Crippen molar-refractivity contribution in [2.75, 3.05) is 24.5 Å². The SMILES string of the molecule is C[C@@H]1CCc2ncnc(N3CCN(C(=O)[C@H](N)Cc4ccc(I)cc4)C[C@@H]3C)c21. The van der Waals surface area contributed by atoms with Crippen LogP contribution in [0.5, 0.6) is 0 Å². The van der Waals surface area contributed by atoms with Crippen LogP contribution in [0.3, 0.4) is 0 Å². The van der Waals surface area contributed by atoms with Crippen LogP contribution in [-0.4, -0.2) is 52.5 Å². The molecule has 1 amide bonds. The fraction of sp³-hybridized carbons (Fsp3) is 0.500. The van der Waals surface area contributed by atoms with Crippen molar-refractivity contribution in [2.24, 2.45) is 5.73 Å². The van der Waals surface area contributed by atoms with Crippen molar-refractivity contribution in [1.29, 1.82) is 0 Å². The lowest BCUT2D eigenvalue weighted by Crippen LogP contribution is -2.57. The Kier molecular flexibility index (Phi) is 6.06. The van der Waals surface area contributed by atoms with Gasteiger partial charge in [-0.1, -0.05) is 19.1 Å². The minimum absolute atomic E-state index is 0.0383. The number of nitrogens with two attached hydrogens (primary N) is 1. The van der Waals surface area contributed by atoms with Crippen molar-refractivity contribution >= 4 is 34.3 Å². The lowest BCUT2D eigenvalue weighted by atomic mass is 10.0. The first-order chi connectivity index (χ1) is 13.9. The van der Waals surface area contributed by atoms with Crippen molar-refractivity contribution < 1.29 is 4.79 Å². The first kappa shape index (κ1) is 20.5. The summed E-state index contributed by atoms with van der Waals surface area (Å²) in [6.45, 7) is 6.55. The van der Waals surface area contributed by atoms with Gasteiger partial charge in [0.05, 0.1) is 6.04 Å². The van der Waals surface area contributed by atoms with E-state index in [-0.39, 0.29) is 11.9 Å². The Balaban J connectivity index is 1.42. The second-order valence-electron chi connectivity index (χ2n) is 8.26. The number of carbonyl (C=O) groups excluding carboxylic acids is 1. The van der Waals surface area contributed by atoms with Gasteiger partial charge in [-0.3, -0.25) is 4.79 Å². The number of anilines is 1. The number of nitrogens with zero attached hydrogens (tertiary/aromatic N) is 4. The number of amides is 1. The minimum atomic E-state index is -0.503. The number of fused-ring (bicyclic) bond motifs is 1. The molecule has 0 saturated carbocycles. The molecule has 2 N–H and O–H groups in total. The van der Waals surface area contributed by atoms with Gasteiger partial charge in [0.25, 0.3) is 0 Å². The van der Waals surface area contributed by atoms with E-state index in [1.54, 1.807) is 6.33 Å². The molecular weight excluding hydrogens is 477 g/mol. The Morgan fingerprint density at radius 2 is 2.00 bits per heavy atom. The van der Waals surface area contributed by atoms with Crippen LogP contribution in [0.25, 0.3) is 0 Å². The third kappa shape index (κ3) is 4.26. The number of carbonyl (C=O) groups is 1. The maximum atomic E-state index is 13.0. The molecule has 29 heavy (non-hydrogen) atoms. The molecule has 2 aliphatic rings. The molecule has 1 saturated heterocycles. The molecule has 7 heteroatoms. The molecule has 3 atom stereocenters. The molecule has 1 fully saturated rings. The second-order valence-corrected chi connectivity index (χ2v) is 9.51. The van der Waals surface area contributed by atoms with Crippen molar-refractivity contribution in [3.63, 3.8) is 0 Å². The predicted molar refractivity (Wildman–Crippen MR) is 123 cm³/mol. The quantitative estimate of drug-likeness (QED) is 0.647. The van der Waals surface area contributed by atoms with Gasteiger partial charge in [-0.15, -0.1) is 0 Å². The van der Waals surface area contributed by atoms with Crippen molar-refractivity contribution in [3.05, 3.63) is 51.0 Å². The Labute approximate surface area is 186 Å². The van der Waals surface area contributed by atoms with Gasteiger partial charge in [-0.25, -0.2) is 9.97 Å². The van der Waals surface area contributed by atoms with E-state index in [4.69, 9.17) is 5.73 Å². The van der Waals surface area contributed by atoms with E-state index in [0.29, 0.717) is 25.4 Å². The van der Waals surface area contributed by atoms with E-state index in [9.17, 15) is 4.79 Å². The molecule has 1 aromatic carbocycles. The first-order valence-corrected chi connectivity index (χ1v) is 11.4.